The summed E-state index contributed by atoms with van der Waals surface area (Å²) < 4.78 is 17.3. The van der Waals surface area contributed by atoms with Crippen LogP contribution in [0.3, 0.4) is 0 Å². The highest BCUT2D eigenvalue weighted by atomic mass is 79.9. The summed E-state index contributed by atoms with van der Waals surface area (Å²) in [4.78, 5) is 4.11. The molecular weight excluding hydrogens is 300 g/mol. The smallest absolute Gasteiger partial charge is 0.216 e. The van der Waals surface area contributed by atoms with E-state index in [-0.39, 0.29) is 12.5 Å². The lowest BCUT2D eigenvalue weighted by atomic mass is 10.2. The van der Waals surface area contributed by atoms with E-state index in [1.807, 2.05) is 13.0 Å². The van der Waals surface area contributed by atoms with Crippen molar-refractivity contribution in [1.82, 2.24) is 10.3 Å². The standard InChI is InChI=1S/C12H17BrN2O3/c1-9(10-6-11(13)8-14-7-10)16-4-5-18-12-15-2-3-17-12/h6-9,12,15H,2-5H2,1H3. The van der Waals surface area contributed by atoms with Gasteiger partial charge in [0.25, 0.3) is 0 Å². The molecule has 2 unspecified atom stereocenters. The maximum absolute atomic E-state index is 5.67. The van der Waals surface area contributed by atoms with Gasteiger partial charge in [-0.2, -0.15) is 0 Å². The molecule has 0 aromatic carbocycles. The Hall–Kier alpha value is -0.530. The SMILES string of the molecule is CC(OCCOC1NCCO1)c1cncc(Br)c1. The fourth-order valence-electron chi connectivity index (χ4n) is 1.64. The molecule has 2 atom stereocenters. The minimum atomic E-state index is -0.281. The molecular formula is C12H17BrN2O3. The first-order chi connectivity index (χ1) is 8.75. The van der Waals surface area contributed by atoms with Gasteiger partial charge >= 0.3 is 0 Å². The van der Waals surface area contributed by atoms with Crippen molar-refractivity contribution in [3.05, 3.63) is 28.5 Å². The van der Waals surface area contributed by atoms with E-state index in [1.165, 1.54) is 0 Å². The molecule has 6 heteroatoms. The first-order valence-electron chi connectivity index (χ1n) is 5.94. The Balaban J connectivity index is 1.66. The molecule has 1 aromatic rings. The molecule has 18 heavy (non-hydrogen) atoms. The highest BCUT2D eigenvalue weighted by Crippen LogP contribution is 2.19. The summed E-state index contributed by atoms with van der Waals surface area (Å²) in [5.41, 5.74) is 1.04. The molecule has 1 aliphatic rings. The van der Waals surface area contributed by atoms with Gasteiger partial charge in [0.2, 0.25) is 6.41 Å². The van der Waals surface area contributed by atoms with Gasteiger partial charge < -0.3 is 14.2 Å². The van der Waals surface area contributed by atoms with Crippen LogP contribution in [-0.2, 0) is 14.2 Å². The van der Waals surface area contributed by atoms with Crippen LogP contribution in [-0.4, -0.2) is 37.8 Å². The second-order valence-electron chi connectivity index (χ2n) is 3.98. The van der Waals surface area contributed by atoms with E-state index in [2.05, 4.69) is 26.2 Å². The third kappa shape index (κ3) is 4.29. The average Bonchev–Trinajstić information content (AvgIpc) is 2.87. The van der Waals surface area contributed by atoms with Crippen LogP contribution in [0, 0.1) is 0 Å². The Bertz CT molecular complexity index is 372. The molecule has 0 spiro atoms. The summed E-state index contributed by atoms with van der Waals surface area (Å²) in [6.45, 7) is 4.56. The zero-order valence-corrected chi connectivity index (χ0v) is 11.9. The molecule has 1 N–H and O–H groups in total. The molecule has 1 aromatic heterocycles. The van der Waals surface area contributed by atoms with Gasteiger partial charge in [0.1, 0.15) is 0 Å². The van der Waals surface area contributed by atoms with Gasteiger partial charge in [0, 0.05) is 23.4 Å². The highest BCUT2D eigenvalue weighted by molar-refractivity contribution is 9.10. The van der Waals surface area contributed by atoms with Crippen LogP contribution in [0.2, 0.25) is 0 Å². The number of rotatable bonds is 6. The molecule has 5 nitrogen and oxygen atoms in total. The van der Waals surface area contributed by atoms with Crippen molar-refractivity contribution in [3.8, 4) is 0 Å². The van der Waals surface area contributed by atoms with E-state index < -0.39 is 0 Å². The van der Waals surface area contributed by atoms with Crippen LogP contribution in [0.1, 0.15) is 18.6 Å². The van der Waals surface area contributed by atoms with Crippen LogP contribution in [0.15, 0.2) is 22.9 Å². The number of ether oxygens (including phenoxy) is 3. The van der Waals surface area contributed by atoms with Gasteiger partial charge in [0.15, 0.2) is 0 Å². The third-order valence-corrected chi connectivity index (χ3v) is 3.03. The Morgan fingerprint density at radius 2 is 2.44 bits per heavy atom. The van der Waals surface area contributed by atoms with Crippen LogP contribution in [0.5, 0.6) is 0 Å². The predicted molar refractivity (Wildman–Crippen MR) is 70.0 cm³/mol. The Kier molecular flexibility index (Phi) is 5.52. The lowest BCUT2D eigenvalue weighted by Gasteiger charge is -2.15. The van der Waals surface area contributed by atoms with Crippen molar-refractivity contribution in [2.24, 2.45) is 0 Å². The number of hydrogen-bond acceptors (Lipinski definition) is 5. The molecule has 2 heterocycles. The van der Waals surface area contributed by atoms with E-state index in [9.17, 15) is 0 Å². The summed E-state index contributed by atoms with van der Waals surface area (Å²) in [5.74, 6) is 0. The van der Waals surface area contributed by atoms with Crippen LogP contribution >= 0.6 is 15.9 Å². The summed E-state index contributed by atoms with van der Waals surface area (Å²) >= 11 is 3.39. The Morgan fingerprint density at radius 3 is 3.17 bits per heavy atom. The lowest BCUT2D eigenvalue weighted by Crippen LogP contribution is -2.27. The number of halogens is 1. The van der Waals surface area contributed by atoms with Gasteiger partial charge in [-0.3, -0.25) is 10.3 Å². The van der Waals surface area contributed by atoms with Crippen molar-refractivity contribution in [1.29, 1.82) is 0 Å². The van der Waals surface area contributed by atoms with E-state index in [4.69, 9.17) is 14.2 Å². The largest absolute Gasteiger partial charge is 0.371 e. The maximum Gasteiger partial charge on any atom is 0.216 e. The number of pyridine rings is 1. The Morgan fingerprint density at radius 1 is 1.56 bits per heavy atom. The fraction of sp³-hybridized carbons (Fsp3) is 0.583. The molecule has 0 bridgehead atoms. The predicted octanol–water partition coefficient (Wildman–Crippen LogP) is 1.84. The zero-order chi connectivity index (χ0) is 12.8. The van der Waals surface area contributed by atoms with E-state index in [0.29, 0.717) is 19.8 Å². The summed E-state index contributed by atoms with van der Waals surface area (Å²) in [6, 6.07) is 2.00. The van der Waals surface area contributed by atoms with Gasteiger partial charge in [-0.05, 0) is 34.5 Å². The van der Waals surface area contributed by atoms with Crippen LogP contribution in [0.25, 0.3) is 0 Å². The van der Waals surface area contributed by atoms with Gasteiger partial charge in [-0.15, -0.1) is 0 Å². The molecule has 1 aliphatic heterocycles. The first kappa shape index (κ1) is 13.9. The van der Waals surface area contributed by atoms with Crippen molar-refractivity contribution in [3.63, 3.8) is 0 Å². The molecule has 1 fully saturated rings. The second kappa shape index (κ2) is 7.16. The molecule has 0 radical (unpaired) electrons. The van der Waals surface area contributed by atoms with Gasteiger partial charge in [-0.1, -0.05) is 0 Å². The zero-order valence-electron chi connectivity index (χ0n) is 10.3. The topological polar surface area (TPSA) is 52.6 Å². The fourth-order valence-corrected chi connectivity index (χ4v) is 2.02. The first-order valence-corrected chi connectivity index (χ1v) is 6.73. The molecule has 2 rings (SSSR count). The summed E-state index contributed by atoms with van der Waals surface area (Å²) in [7, 11) is 0. The number of nitrogens with one attached hydrogen (secondary N) is 1. The van der Waals surface area contributed by atoms with Crippen molar-refractivity contribution >= 4 is 15.9 Å². The summed E-state index contributed by atoms with van der Waals surface area (Å²) in [6.07, 6.45) is 3.27. The number of aromatic nitrogens is 1. The quantitative estimate of drug-likeness (QED) is 0.812. The second-order valence-corrected chi connectivity index (χ2v) is 4.89. The highest BCUT2D eigenvalue weighted by Gasteiger charge is 2.14. The molecule has 0 aliphatic carbocycles. The van der Waals surface area contributed by atoms with Crippen molar-refractivity contribution in [2.45, 2.75) is 19.4 Å². The van der Waals surface area contributed by atoms with Crippen LogP contribution in [0.4, 0.5) is 0 Å². The number of nitrogens with zero attached hydrogens (tertiary/aromatic N) is 1. The van der Waals surface area contributed by atoms with E-state index in [1.54, 1.807) is 12.4 Å². The van der Waals surface area contributed by atoms with E-state index >= 15 is 0 Å². The van der Waals surface area contributed by atoms with Gasteiger partial charge in [0.05, 0.1) is 25.9 Å². The summed E-state index contributed by atoms with van der Waals surface area (Å²) in [5, 5.41) is 3.07. The minimum Gasteiger partial charge on any atom is -0.371 e. The van der Waals surface area contributed by atoms with Crippen molar-refractivity contribution < 1.29 is 14.2 Å². The van der Waals surface area contributed by atoms with Gasteiger partial charge in [-0.25, -0.2) is 0 Å². The normalized spacial score (nSPS) is 21.1. The van der Waals surface area contributed by atoms with Crippen molar-refractivity contribution in [2.75, 3.05) is 26.4 Å². The van der Waals surface area contributed by atoms with Crippen LogP contribution < -0.4 is 5.32 Å². The maximum atomic E-state index is 5.67. The monoisotopic (exact) mass is 316 g/mol. The molecule has 0 amide bonds. The lowest BCUT2D eigenvalue weighted by molar-refractivity contribution is -0.136. The third-order valence-electron chi connectivity index (χ3n) is 2.60. The minimum absolute atomic E-state index is 0.00365. The molecule has 100 valence electrons. The average molecular weight is 317 g/mol. The number of hydrogen-bond donors (Lipinski definition) is 1. The Labute approximate surface area is 115 Å². The molecule has 1 saturated heterocycles. The van der Waals surface area contributed by atoms with E-state index in [0.717, 1.165) is 16.6 Å². The molecule has 0 saturated carbocycles.